The number of ether oxygens (including phenoxy) is 3. The summed E-state index contributed by atoms with van der Waals surface area (Å²) in [5.74, 6) is -0.326. The summed E-state index contributed by atoms with van der Waals surface area (Å²) in [4.78, 5) is -0.00195. The Morgan fingerprint density at radius 2 is 1.67 bits per heavy atom. The standard InChI is InChI=1S/C26H28F2N2O5S/c1-33-19-8-7-17(13-21-22(27)5-4-6-23(21)28)24(14-19)30(18-11-12-29-16-18)36(31,32)20-9-10-25(34-2)26(15-20)35-3/h4-10,14-15,18,29H,11-13,16H2,1-3H3. The average Bonchev–Trinajstić information content (AvgIpc) is 3.40. The lowest BCUT2D eigenvalue weighted by atomic mass is 10.0. The third-order valence-electron chi connectivity index (χ3n) is 6.24. The maximum absolute atomic E-state index is 14.5. The predicted molar refractivity (Wildman–Crippen MR) is 133 cm³/mol. The third kappa shape index (κ3) is 4.96. The van der Waals surface area contributed by atoms with Crippen molar-refractivity contribution in [3.05, 3.63) is 77.4 Å². The van der Waals surface area contributed by atoms with Crippen molar-refractivity contribution in [1.29, 1.82) is 0 Å². The minimum atomic E-state index is -4.14. The Bertz CT molecular complexity index is 1320. The van der Waals surface area contributed by atoms with Crippen molar-refractivity contribution in [2.45, 2.75) is 23.8 Å². The van der Waals surface area contributed by atoms with E-state index in [0.717, 1.165) is 0 Å². The van der Waals surface area contributed by atoms with Gasteiger partial charge in [-0.3, -0.25) is 4.31 Å². The molecule has 1 atom stereocenters. The van der Waals surface area contributed by atoms with Crippen LogP contribution in [0.4, 0.5) is 14.5 Å². The van der Waals surface area contributed by atoms with Crippen LogP contribution in [-0.4, -0.2) is 48.9 Å². The minimum absolute atomic E-state index is 0.00195. The Labute approximate surface area is 209 Å². The number of rotatable bonds is 9. The molecule has 192 valence electrons. The van der Waals surface area contributed by atoms with E-state index < -0.39 is 27.7 Å². The highest BCUT2D eigenvalue weighted by Gasteiger charge is 2.36. The maximum atomic E-state index is 14.5. The van der Waals surface area contributed by atoms with E-state index in [1.54, 1.807) is 18.2 Å². The number of hydrogen-bond acceptors (Lipinski definition) is 6. The molecule has 1 N–H and O–H groups in total. The molecule has 4 rings (SSSR count). The van der Waals surface area contributed by atoms with Crippen molar-refractivity contribution in [2.75, 3.05) is 38.7 Å². The van der Waals surface area contributed by atoms with Crippen LogP contribution in [0.2, 0.25) is 0 Å². The van der Waals surface area contributed by atoms with Crippen LogP contribution in [0.25, 0.3) is 0 Å². The summed E-state index contributed by atoms with van der Waals surface area (Å²) >= 11 is 0. The van der Waals surface area contributed by atoms with Crippen LogP contribution >= 0.6 is 0 Å². The first-order valence-electron chi connectivity index (χ1n) is 11.4. The zero-order chi connectivity index (χ0) is 25.9. The molecule has 1 fully saturated rings. The Morgan fingerprint density at radius 3 is 2.28 bits per heavy atom. The van der Waals surface area contributed by atoms with E-state index in [1.807, 2.05) is 0 Å². The first-order valence-corrected chi connectivity index (χ1v) is 12.8. The molecule has 7 nitrogen and oxygen atoms in total. The van der Waals surface area contributed by atoms with Gasteiger partial charge < -0.3 is 19.5 Å². The quantitative estimate of drug-likeness (QED) is 0.459. The van der Waals surface area contributed by atoms with Gasteiger partial charge in [0.2, 0.25) is 0 Å². The fraction of sp³-hybridized carbons (Fsp3) is 0.308. The van der Waals surface area contributed by atoms with Gasteiger partial charge >= 0.3 is 0 Å². The molecule has 1 heterocycles. The summed E-state index contributed by atoms with van der Waals surface area (Å²) in [6.07, 6.45) is 0.410. The van der Waals surface area contributed by atoms with E-state index in [-0.39, 0.29) is 22.6 Å². The van der Waals surface area contributed by atoms with Crippen molar-refractivity contribution in [3.63, 3.8) is 0 Å². The molecule has 0 aliphatic carbocycles. The normalized spacial score (nSPS) is 15.5. The fourth-order valence-corrected chi connectivity index (χ4v) is 6.09. The molecule has 0 saturated carbocycles. The molecule has 1 unspecified atom stereocenters. The van der Waals surface area contributed by atoms with Crippen molar-refractivity contribution >= 4 is 15.7 Å². The molecule has 3 aromatic carbocycles. The second kappa shape index (κ2) is 10.7. The van der Waals surface area contributed by atoms with E-state index in [2.05, 4.69) is 5.32 Å². The molecular weight excluding hydrogens is 490 g/mol. The molecule has 1 saturated heterocycles. The predicted octanol–water partition coefficient (Wildman–Crippen LogP) is 4.14. The molecule has 0 radical (unpaired) electrons. The van der Waals surface area contributed by atoms with Crippen LogP contribution in [0.5, 0.6) is 17.2 Å². The van der Waals surface area contributed by atoms with Crippen molar-refractivity contribution in [3.8, 4) is 17.2 Å². The van der Waals surface area contributed by atoms with Crippen molar-refractivity contribution in [2.24, 2.45) is 0 Å². The number of nitrogens with zero attached hydrogens (tertiary/aromatic N) is 1. The zero-order valence-corrected chi connectivity index (χ0v) is 21.1. The topological polar surface area (TPSA) is 77.1 Å². The monoisotopic (exact) mass is 518 g/mol. The van der Waals surface area contributed by atoms with Gasteiger partial charge in [0.1, 0.15) is 17.4 Å². The average molecular weight is 519 g/mol. The van der Waals surface area contributed by atoms with Crippen LogP contribution in [0.15, 0.2) is 59.5 Å². The van der Waals surface area contributed by atoms with Gasteiger partial charge in [0.25, 0.3) is 10.0 Å². The number of nitrogens with one attached hydrogen (secondary N) is 1. The molecule has 1 aliphatic heterocycles. The van der Waals surface area contributed by atoms with Gasteiger partial charge in [-0.25, -0.2) is 17.2 Å². The molecule has 0 aromatic heterocycles. The number of anilines is 1. The molecular formula is C26H28F2N2O5S. The highest BCUT2D eigenvalue weighted by molar-refractivity contribution is 7.92. The number of halogens is 2. The number of sulfonamides is 1. The van der Waals surface area contributed by atoms with Gasteiger partial charge in [-0.05, 0) is 48.9 Å². The highest BCUT2D eigenvalue weighted by Crippen LogP contribution is 2.37. The van der Waals surface area contributed by atoms with Gasteiger partial charge in [0, 0.05) is 30.7 Å². The van der Waals surface area contributed by atoms with Crippen molar-refractivity contribution < 1.29 is 31.4 Å². The van der Waals surface area contributed by atoms with Gasteiger partial charge in [-0.15, -0.1) is 0 Å². The van der Waals surface area contributed by atoms with Gasteiger partial charge in [0.15, 0.2) is 11.5 Å². The summed E-state index contributed by atoms with van der Waals surface area (Å²) in [6, 6.07) is 12.5. The van der Waals surface area contributed by atoms with E-state index in [1.165, 1.54) is 62.0 Å². The summed E-state index contributed by atoms with van der Waals surface area (Å²) in [7, 11) is 0.223. The summed E-state index contributed by atoms with van der Waals surface area (Å²) in [6.45, 7) is 1.04. The highest BCUT2D eigenvalue weighted by atomic mass is 32.2. The summed E-state index contributed by atoms with van der Waals surface area (Å²) in [5.41, 5.74) is 0.591. The molecule has 10 heteroatoms. The van der Waals surface area contributed by atoms with Crippen molar-refractivity contribution in [1.82, 2.24) is 5.32 Å². The fourth-order valence-electron chi connectivity index (χ4n) is 4.37. The SMILES string of the molecule is COc1ccc(Cc2c(F)cccc2F)c(N(C2CCNC2)S(=O)(=O)c2ccc(OC)c(OC)c2)c1. The first-order chi connectivity index (χ1) is 17.3. The van der Waals surface area contributed by atoms with Gasteiger partial charge in [0.05, 0.1) is 38.0 Å². The lowest BCUT2D eigenvalue weighted by molar-refractivity contribution is 0.354. The molecule has 1 aliphatic rings. The third-order valence-corrected chi connectivity index (χ3v) is 8.10. The largest absolute Gasteiger partial charge is 0.497 e. The minimum Gasteiger partial charge on any atom is -0.497 e. The first kappa shape index (κ1) is 25.7. The second-order valence-electron chi connectivity index (χ2n) is 8.34. The number of methoxy groups -OCH3 is 3. The Morgan fingerprint density at radius 1 is 0.944 bits per heavy atom. The van der Waals surface area contributed by atoms with E-state index in [0.29, 0.717) is 42.3 Å². The Balaban J connectivity index is 1.89. The molecule has 3 aromatic rings. The second-order valence-corrected chi connectivity index (χ2v) is 10.2. The lowest BCUT2D eigenvalue weighted by Crippen LogP contribution is -2.42. The van der Waals surface area contributed by atoms with E-state index >= 15 is 0 Å². The molecule has 0 spiro atoms. The number of benzene rings is 3. The molecule has 36 heavy (non-hydrogen) atoms. The lowest BCUT2D eigenvalue weighted by Gasteiger charge is -2.32. The van der Waals surface area contributed by atoms with Gasteiger partial charge in [-0.1, -0.05) is 12.1 Å². The van der Waals surface area contributed by atoms with Crippen LogP contribution < -0.4 is 23.8 Å². The van der Waals surface area contributed by atoms with Crippen LogP contribution in [0.3, 0.4) is 0 Å². The summed E-state index contributed by atoms with van der Waals surface area (Å²) in [5, 5.41) is 3.20. The van der Waals surface area contributed by atoms with Crippen LogP contribution in [0, 0.1) is 11.6 Å². The smallest absolute Gasteiger partial charge is 0.264 e. The Kier molecular flexibility index (Phi) is 7.65. The van der Waals surface area contributed by atoms with Crippen LogP contribution in [-0.2, 0) is 16.4 Å². The van der Waals surface area contributed by atoms with Crippen LogP contribution in [0.1, 0.15) is 17.5 Å². The summed E-state index contributed by atoms with van der Waals surface area (Å²) < 4.78 is 74.6. The van der Waals surface area contributed by atoms with Gasteiger partial charge in [-0.2, -0.15) is 0 Å². The Hall–Kier alpha value is -3.37. The van der Waals surface area contributed by atoms with E-state index in [9.17, 15) is 17.2 Å². The molecule has 0 bridgehead atoms. The number of hydrogen-bond donors (Lipinski definition) is 1. The maximum Gasteiger partial charge on any atom is 0.264 e. The van der Waals surface area contributed by atoms with E-state index in [4.69, 9.17) is 14.2 Å². The molecule has 0 amide bonds. The zero-order valence-electron chi connectivity index (χ0n) is 20.3.